The van der Waals surface area contributed by atoms with Gasteiger partial charge in [-0.05, 0) is 69.7 Å². The highest BCUT2D eigenvalue weighted by Crippen LogP contribution is 2.24. The zero-order chi connectivity index (χ0) is 20.9. The summed E-state index contributed by atoms with van der Waals surface area (Å²) in [5.41, 5.74) is -0.644. The minimum atomic E-state index is -3.47. The van der Waals surface area contributed by atoms with E-state index < -0.39 is 15.8 Å². The normalized spacial score (nSPS) is 11.8. The molecule has 0 aromatic heterocycles. The third-order valence-corrected chi connectivity index (χ3v) is 5.45. The molecule has 0 aliphatic heterocycles. The Kier molecular flexibility index (Phi) is 6.56. The van der Waals surface area contributed by atoms with Crippen molar-refractivity contribution < 1.29 is 32.9 Å². The molecule has 2 N–H and O–H groups in total. The minimum absolute atomic E-state index is 0.0916. The fraction of sp³-hybridized carbons (Fsp3) is 0.350. The lowest BCUT2D eigenvalue weighted by atomic mass is 10.2. The quantitative estimate of drug-likeness (QED) is 0.643. The highest BCUT2D eigenvalue weighted by atomic mass is 32.2. The maximum absolute atomic E-state index is 12.4. The van der Waals surface area contributed by atoms with Crippen LogP contribution >= 0.6 is 0 Å². The average Bonchev–Trinajstić information content (AvgIpc) is 2.59. The summed E-state index contributed by atoms with van der Waals surface area (Å²) >= 11 is 0. The molecule has 8 heteroatoms. The lowest BCUT2D eigenvalue weighted by Crippen LogP contribution is -2.22. The van der Waals surface area contributed by atoms with Gasteiger partial charge in [-0.1, -0.05) is 0 Å². The van der Waals surface area contributed by atoms with Gasteiger partial charge < -0.3 is 19.7 Å². The number of benzene rings is 2. The lowest BCUT2D eigenvalue weighted by Gasteiger charge is -2.21. The van der Waals surface area contributed by atoms with E-state index in [4.69, 9.17) is 14.6 Å². The number of carboxylic acids is 1. The van der Waals surface area contributed by atoms with Gasteiger partial charge in [0.2, 0.25) is 0 Å². The zero-order valence-electron chi connectivity index (χ0n) is 16.0. The molecule has 0 heterocycles. The van der Waals surface area contributed by atoms with Crippen LogP contribution in [0.25, 0.3) is 0 Å². The number of ether oxygens (including phenoxy) is 2. The molecule has 0 fully saturated rings. The topological polar surface area (TPSA) is 110 Å². The van der Waals surface area contributed by atoms with Crippen molar-refractivity contribution in [2.45, 2.75) is 37.7 Å². The lowest BCUT2D eigenvalue weighted by molar-refractivity contribution is 0.0693. The number of sulfone groups is 1. The van der Waals surface area contributed by atoms with Gasteiger partial charge in [0.05, 0.1) is 17.3 Å². The van der Waals surface area contributed by atoms with Crippen molar-refractivity contribution in [3.8, 4) is 17.2 Å². The van der Waals surface area contributed by atoms with E-state index in [1.165, 1.54) is 30.3 Å². The Bertz CT molecular complexity index is 926. The predicted molar refractivity (Wildman–Crippen MR) is 104 cm³/mol. The summed E-state index contributed by atoms with van der Waals surface area (Å²) in [4.78, 5) is 11.2. The Labute approximate surface area is 164 Å². The summed E-state index contributed by atoms with van der Waals surface area (Å²) in [5, 5.41) is 18.4. The maximum atomic E-state index is 12.4. The van der Waals surface area contributed by atoms with Crippen LogP contribution in [-0.4, -0.2) is 42.6 Å². The number of carbonyl (C=O) groups is 1. The first-order valence-corrected chi connectivity index (χ1v) is 10.3. The molecule has 7 nitrogen and oxygen atoms in total. The maximum Gasteiger partial charge on any atom is 0.339 e. The number of phenols is 1. The largest absolute Gasteiger partial charge is 0.507 e. The van der Waals surface area contributed by atoms with Gasteiger partial charge in [-0.2, -0.15) is 0 Å². The molecule has 0 aliphatic rings. The second-order valence-corrected chi connectivity index (χ2v) is 9.30. The van der Waals surface area contributed by atoms with Crippen LogP contribution in [0.2, 0.25) is 0 Å². The molecular weight excluding hydrogens is 384 g/mol. The fourth-order valence-electron chi connectivity index (χ4n) is 2.40. The van der Waals surface area contributed by atoms with Gasteiger partial charge in [0, 0.05) is 0 Å². The van der Waals surface area contributed by atoms with Crippen molar-refractivity contribution in [2.24, 2.45) is 0 Å². The van der Waals surface area contributed by atoms with E-state index in [2.05, 4.69) is 0 Å². The Morgan fingerprint density at radius 1 is 1.04 bits per heavy atom. The van der Waals surface area contributed by atoms with Crippen molar-refractivity contribution in [3.63, 3.8) is 0 Å². The summed E-state index contributed by atoms with van der Waals surface area (Å²) in [6.07, 6.45) is 0.228. The highest BCUT2D eigenvalue weighted by molar-refractivity contribution is 7.91. The highest BCUT2D eigenvalue weighted by Gasteiger charge is 2.16. The molecule has 0 aliphatic carbocycles. The van der Waals surface area contributed by atoms with E-state index in [1.807, 2.05) is 20.8 Å². The van der Waals surface area contributed by atoms with Crippen molar-refractivity contribution in [3.05, 3.63) is 48.0 Å². The SMILES string of the molecule is CC(C)(C)Oc1ccc(S(=O)(=O)CCCOc2ccc(O)c(C(=O)O)c2)cc1. The smallest absolute Gasteiger partial charge is 0.339 e. The fourth-order valence-corrected chi connectivity index (χ4v) is 3.69. The number of hydrogen-bond donors (Lipinski definition) is 2. The third kappa shape index (κ3) is 6.16. The molecule has 0 atom stereocenters. The van der Waals surface area contributed by atoms with Gasteiger partial charge in [-0.25, -0.2) is 13.2 Å². The summed E-state index contributed by atoms with van der Waals surface area (Å²) in [6, 6.07) is 10.1. The summed E-state index contributed by atoms with van der Waals surface area (Å²) in [5.74, 6) is -0.908. The summed E-state index contributed by atoms with van der Waals surface area (Å²) in [6.45, 7) is 5.82. The monoisotopic (exact) mass is 408 g/mol. The number of carboxylic acid groups (broad SMARTS) is 1. The Morgan fingerprint density at radius 2 is 1.64 bits per heavy atom. The Balaban J connectivity index is 1.91. The number of rotatable bonds is 8. The molecule has 0 unspecified atom stereocenters. The molecule has 2 aromatic rings. The predicted octanol–water partition coefficient (Wildman–Crippen LogP) is 3.51. The van der Waals surface area contributed by atoms with Crippen molar-refractivity contribution in [1.82, 2.24) is 0 Å². The first-order valence-electron chi connectivity index (χ1n) is 8.69. The molecule has 2 aromatic carbocycles. The van der Waals surface area contributed by atoms with E-state index in [1.54, 1.807) is 12.1 Å². The van der Waals surface area contributed by atoms with E-state index in [0.717, 1.165) is 0 Å². The van der Waals surface area contributed by atoms with Crippen LogP contribution in [-0.2, 0) is 9.84 Å². The Morgan fingerprint density at radius 3 is 2.21 bits per heavy atom. The molecule has 28 heavy (non-hydrogen) atoms. The minimum Gasteiger partial charge on any atom is -0.507 e. The molecule has 0 saturated heterocycles. The Hall–Kier alpha value is -2.74. The van der Waals surface area contributed by atoms with E-state index in [-0.39, 0.29) is 46.3 Å². The van der Waals surface area contributed by atoms with Crippen molar-refractivity contribution >= 4 is 15.8 Å². The standard InChI is InChI=1S/C20H24O7S/c1-20(2,3)27-14-5-8-16(9-6-14)28(24,25)12-4-11-26-15-7-10-18(21)17(13-15)19(22)23/h5-10,13,21H,4,11-12H2,1-3H3,(H,22,23). The van der Waals surface area contributed by atoms with Gasteiger partial charge in [0.15, 0.2) is 9.84 Å². The zero-order valence-corrected chi connectivity index (χ0v) is 16.8. The van der Waals surface area contributed by atoms with Crippen LogP contribution in [0, 0.1) is 0 Å². The van der Waals surface area contributed by atoms with Crippen LogP contribution in [0.5, 0.6) is 17.2 Å². The third-order valence-electron chi connectivity index (χ3n) is 3.63. The summed E-state index contributed by atoms with van der Waals surface area (Å²) in [7, 11) is -3.47. The molecule has 0 radical (unpaired) electrons. The van der Waals surface area contributed by atoms with Crippen LogP contribution < -0.4 is 9.47 Å². The van der Waals surface area contributed by atoms with E-state index in [0.29, 0.717) is 5.75 Å². The molecule has 0 bridgehead atoms. The van der Waals surface area contributed by atoms with Gasteiger partial charge in [0.1, 0.15) is 28.4 Å². The number of aromatic carboxylic acids is 1. The van der Waals surface area contributed by atoms with Crippen LogP contribution in [0.1, 0.15) is 37.6 Å². The second kappa shape index (κ2) is 8.52. The van der Waals surface area contributed by atoms with E-state index in [9.17, 15) is 18.3 Å². The number of hydrogen-bond acceptors (Lipinski definition) is 6. The average molecular weight is 408 g/mol. The molecule has 0 saturated carbocycles. The molecular formula is C20H24O7S. The van der Waals surface area contributed by atoms with Gasteiger partial charge in [-0.3, -0.25) is 0 Å². The molecule has 152 valence electrons. The first-order chi connectivity index (χ1) is 13.0. The van der Waals surface area contributed by atoms with Crippen LogP contribution in [0.4, 0.5) is 0 Å². The van der Waals surface area contributed by atoms with Gasteiger partial charge in [-0.15, -0.1) is 0 Å². The van der Waals surface area contributed by atoms with Crippen LogP contribution in [0.3, 0.4) is 0 Å². The molecule has 0 amide bonds. The first kappa shape index (κ1) is 21.6. The van der Waals surface area contributed by atoms with Crippen molar-refractivity contribution in [1.29, 1.82) is 0 Å². The second-order valence-electron chi connectivity index (χ2n) is 7.19. The molecule has 2 rings (SSSR count). The summed E-state index contributed by atoms with van der Waals surface area (Å²) < 4.78 is 35.9. The van der Waals surface area contributed by atoms with Crippen LogP contribution in [0.15, 0.2) is 47.4 Å². The van der Waals surface area contributed by atoms with E-state index >= 15 is 0 Å². The number of aromatic hydroxyl groups is 1. The van der Waals surface area contributed by atoms with Crippen molar-refractivity contribution in [2.75, 3.05) is 12.4 Å². The van der Waals surface area contributed by atoms with Gasteiger partial charge in [0.25, 0.3) is 0 Å². The molecule has 0 spiro atoms. The van der Waals surface area contributed by atoms with Gasteiger partial charge >= 0.3 is 5.97 Å².